The first-order valence-electron chi connectivity index (χ1n) is 11.3. The van der Waals surface area contributed by atoms with Gasteiger partial charge in [0.25, 0.3) is 11.8 Å². The summed E-state index contributed by atoms with van der Waals surface area (Å²) in [5.74, 6) is 0.661. The Hall–Kier alpha value is -2.90. The Morgan fingerprint density at radius 3 is 2.06 bits per heavy atom. The summed E-state index contributed by atoms with van der Waals surface area (Å²) in [6.07, 6.45) is 6.54. The summed E-state index contributed by atoms with van der Waals surface area (Å²) < 4.78 is 5.01. The van der Waals surface area contributed by atoms with E-state index in [-0.39, 0.29) is 23.8 Å². The number of amides is 3. The molecule has 8 heteroatoms. The van der Waals surface area contributed by atoms with Gasteiger partial charge in [-0.2, -0.15) is 0 Å². The molecule has 0 aliphatic heterocycles. The van der Waals surface area contributed by atoms with Crippen LogP contribution in [0, 0.1) is 23.2 Å². The molecule has 4 bridgehead atoms. The van der Waals surface area contributed by atoms with Gasteiger partial charge >= 0.3 is 5.97 Å². The van der Waals surface area contributed by atoms with E-state index >= 15 is 0 Å². The molecule has 1 aromatic carbocycles. The van der Waals surface area contributed by atoms with Crippen LogP contribution in [0.25, 0.3) is 0 Å². The average molecular weight is 442 g/mol. The summed E-state index contributed by atoms with van der Waals surface area (Å²) in [6.45, 7) is -0.667. The van der Waals surface area contributed by atoms with Crippen LogP contribution in [0.15, 0.2) is 24.3 Å². The molecule has 4 aliphatic rings. The number of hydrogen-bond acceptors (Lipinski definition) is 5. The molecule has 3 amide bonds. The van der Waals surface area contributed by atoms with Crippen LogP contribution in [0.3, 0.4) is 0 Å². The van der Waals surface area contributed by atoms with Crippen LogP contribution in [-0.2, 0) is 19.1 Å². The molecule has 0 radical (unpaired) electrons. The molecule has 0 unspecified atom stereocenters. The minimum Gasteiger partial charge on any atom is -0.454 e. The lowest BCUT2D eigenvalue weighted by Gasteiger charge is -2.55. The monoisotopic (exact) mass is 441 g/mol. The highest BCUT2D eigenvalue weighted by Gasteiger charge is 2.54. The lowest BCUT2D eigenvalue weighted by molar-refractivity contribution is -0.152. The van der Waals surface area contributed by atoms with Crippen LogP contribution in [-0.4, -0.2) is 55.8 Å². The molecule has 1 aromatic rings. The quantitative estimate of drug-likeness (QED) is 0.631. The van der Waals surface area contributed by atoms with Crippen LogP contribution < -0.4 is 10.6 Å². The maximum absolute atomic E-state index is 12.9. The lowest BCUT2D eigenvalue weighted by atomic mass is 9.49. The van der Waals surface area contributed by atoms with E-state index in [1.807, 2.05) is 0 Å². The molecule has 172 valence electrons. The van der Waals surface area contributed by atoms with E-state index in [0.717, 1.165) is 19.3 Å². The first kappa shape index (κ1) is 22.3. The third-order valence-corrected chi connectivity index (χ3v) is 7.10. The largest absolute Gasteiger partial charge is 0.454 e. The normalized spacial score (nSPS) is 27.5. The second-order valence-corrected chi connectivity index (χ2v) is 9.87. The first-order valence-corrected chi connectivity index (χ1v) is 11.3. The van der Waals surface area contributed by atoms with Gasteiger partial charge in [-0.3, -0.25) is 19.2 Å². The summed E-state index contributed by atoms with van der Waals surface area (Å²) in [4.78, 5) is 50.3. The minimum atomic E-state index is -0.634. The van der Waals surface area contributed by atoms with Crippen LogP contribution in [0.5, 0.6) is 0 Å². The van der Waals surface area contributed by atoms with Crippen molar-refractivity contribution in [2.75, 3.05) is 32.6 Å². The van der Waals surface area contributed by atoms with Gasteiger partial charge in [0.15, 0.2) is 6.61 Å². The maximum atomic E-state index is 12.9. The number of carbonyl (C=O) groups excluding carboxylic acids is 4. The van der Waals surface area contributed by atoms with Crippen LogP contribution in [0.2, 0.25) is 0 Å². The molecule has 2 N–H and O–H groups in total. The second-order valence-electron chi connectivity index (χ2n) is 9.87. The van der Waals surface area contributed by atoms with E-state index in [0.29, 0.717) is 29.0 Å². The summed E-state index contributed by atoms with van der Waals surface area (Å²) in [5.41, 5.74) is 0.692. The zero-order valence-electron chi connectivity index (χ0n) is 18.7. The number of benzene rings is 1. The number of ether oxygens (including phenoxy) is 1. The molecule has 0 atom stereocenters. The number of esters is 1. The van der Waals surface area contributed by atoms with Gasteiger partial charge in [-0.15, -0.1) is 0 Å². The number of hydrogen-bond donors (Lipinski definition) is 2. The molecule has 0 heterocycles. The molecule has 0 spiro atoms. The zero-order chi connectivity index (χ0) is 22.9. The predicted molar refractivity (Wildman–Crippen MR) is 118 cm³/mol. The third kappa shape index (κ3) is 4.79. The fraction of sp³-hybridized carbons (Fsp3) is 0.583. The number of rotatable bonds is 7. The summed E-state index contributed by atoms with van der Waals surface area (Å²) in [5, 5.41) is 5.38. The molecule has 32 heavy (non-hydrogen) atoms. The van der Waals surface area contributed by atoms with Gasteiger partial charge in [0.05, 0.1) is 0 Å². The Bertz CT molecular complexity index is 873. The fourth-order valence-electron chi connectivity index (χ4n) is 6.08. The predicted octanol–water partition coefficient (Wildman–Crippen LogP) is 2.20. The van der Waals surface area contributed by atoms with Crippen molar-refractivity contribution < 1.29 is 23.9 Å². The van der Waals surface area contributed by atoms with E-state index in [4.69, 9.17) is 4.74 Å². The Morgan fingerprint density at radius 1 is 0.969 bits per heavy atom. The van der Waals surface area contributed by atoms with Crippen LogP contribution in [0.4, 0.5) is 5.69 Å². The fourth-order valence-corrected chi connectivity index (χ4v) is 6.08. The molecular formula is C24H31N3O5. The number of nitrogens with zero attached hydrogens (tertiary/aromatic N) is 1. The SMILES string of the molecule is CN(C)C(=O)c1ccc(NC(=O)COC(=O)CNC(=O)C23CC4CC(CC(C4)C2)C3)cc1. The van der Waals surface area contributed by atoms with Crippen molar-refractivity contribution in [3.8, 4) is 0 Å². The summed E-state index contributed by atoms with van der Waals surface area (Å²) in [6, 6.07) is 6.46. The molecule has 0 saturated heterocycles. The van der Waals surface area contributed by atoms with Gasteiger partial charge in [-0.1, -0.05) is 0 Å². The maximum Gasteiger partial charge on any atom is 0.325 e. The highest BCUT2D eigenvalue weighted by Crippen LogP contribution is 2.60. The van der Waals surface area contributed by atoms with Crippen molar-refractivity contribution in [1.29, 1.82) is 0 Å². The third-order valence-electron chi connectivity index (χ3n) is 7.10. The lowest BCUT2D eigenvalue weighted by Crippen LogP contribution is -2.54. The molecule has 8 nitrogen and oxygen atoms in total. The smallest absolute Gasteiger partial charge is 0.325 e. The molecule has 5 rings (SSSR count). The Kier molecular flexibility index (Phi) is 6.22. The second kappa shape index (κ2) is 8.92. The van der Waals surface area contributed by atoms with Crippen molar-refractivity contribution in [2.45, 2.75) is 38.5 Å². The highest BCUT2D eigenvalue weighted by atomic mass is 16.5. The van der Waals surface area contributed by atoms with Crippen molar-refractivity contribution in [3.63, 3.8) is 0 Å². The van der Waals surface area contributed by atoms with Gasteiger partial charge < -0.3 is 20.3 Å². The molecule has 4 fully saturated rings. The molecule has 0 aromatic heterocycles. The molecule has 4 aliphatic carbocycles. The van der Waals surface area contributed by atoms with Gasteiger partial charge in [-0.25, -0.2) is 0 Å². The van der Waals surface area contributed by atoms with Gasteiger partial charge in [0.2, 0.25) is 5.91 Å². The molecular weight excluding hydrogens is 410 g/mol. The standard InChI is InChI=1S/C24H31N3O5/c1-27(2)22(30)18-3-5-19(6-4-18)26-20(28)14-32-21(29)13-25-23(31)24-10-15-7-16(11-24)9-17(8-15)12-24/h3-6,15-17H,7-14H2,1-2H3,(H,25,31)(H,26,28). The van der Waals surface area contributed by atoms with Crippen LogP contribution in [0.1, 0.15) is 48.9 Å². The Morgan fingerprint density at radius 2 is 1.53 bits per heavy atom. The van der Waals surface area contributed by atoms with Crippen LogP contribution >= 0.6 is 0 Å². The van der Waals surface area contributed by atoms with Crippen molar-refractivity contribution in [1.82, 2.24) is 10.2 Å². The van der Waals surface area contributed by atoms with E-state index < -0.39 is 18.5 Å². The topological polar surface area (TPSA) is 105 Å². The van der Waals surface area contributed by atoms with Crippen molar-refractivity contribution >= 4 is 29.4 Å². The van der Waals surface area contributed by atoms with Gasteiger partial charge in [0, 0.05) is 30.8 Å². The summed E-state index contributed by atoms with van der Waals surface area (Å²) >= 11 is 0. The number of carbonyl (C=O) groups is 4. The minimum absolute atomic E-state index is 0.0367. The van der Waals surface area contributed by atoms with Crippen molar-refractivity contribution in [3.05, 3.63) is 29.8 Å². The highest BCUT2D eigenvalue weighted by molar-refractivity contribution is 5.96. The van der Waals surface area contributed by atoms with E-state index in [1.165, 1.54) is 24.2 Å². The van der Waals surface area contributed by atoms with E-state index in [1.54, 1.807) is 38.4 Å². The summed E-state index contributed by atoms with van der Waals surface area (Å²) in [7, 11) is 3.33. The van der Waals surface area contributed by atoms with Crippen molar-refractivity contribution in [2.24, 2.45) is 23.2 Å². The van der Waals surface area contributed by atoms with E-state index in [9.17, 15) is 19.2 Å². The average Bonchev–Trinajstić information content (AvgIpc) is 2.75. The molecule has 4 saturated carbocycles. The zero-order valence-corrected chi connectivity index (χ0v) is 18.7. The first-order chi connectivity index (χ1) is 15.2. The Balaban J connectivity index is 1.19. The number of nitrogens with one attached hydrogen (secondary N) is 2. The Labute approximate surface area is 188 Å². The number of anilines is 1. The van der Waals surface area contributed by atoms with Gasteiger partial charge in [-0.05, 0) is 80.5 Å². The van der Waals surface area contributed by atoms with Gasteiger partial charge in [0.1, 0.15) is 6.54 Å². The van der Waals surface area contributed by atoms with E-state index in [2.05, 4.69) is 10.6 Å².